The molecule has 18 heavy (non-hydrogen) atoms. The van der Waals surface area contributed by atoms with Crippen molar-refractivity contribution in [2.45, 2.75) is 45.6 Å². The maximum Gasteiger partial charge on any atom is 0.137 e. The number of aromatic nitrogens is 3. The Morgan fingerprint density at radius 2 is 1.89 bits per heavy atom. The van der Waals surface area contributed by atoms with Crippen LogP contribution in [0.5, 0.6) is 0 Å². The van der Waals surface area contributed by atoms with Gasteiger partial charge < -0.3 is 4.57 Å². The summed E-state index contributed by atoms with van der Waals surface area (Å²) >= 11 is 0. The Morgan fingerprint density at radius 1 is 1.06 bits per heavy atom. The molecule has 0 aliphatic heterocycles. The Hall–Kier alpha value is -1.64. The maximum absolute atomic E-state index is 4.22. The molecule has 2 aromatic rings. The molecule has 3 nitrogen and oxygen atoms in total. The SMILES string of the molecule is CCCCCCn1cnnc1Cc1ccccc1. The second-order valence-electron chi connectivity index (χ2n) is 4.66. The van der Waals surface area contributed by atoms with E-state index >= 15 is 0 Å². The van der Waals surface area contributed by atoms with E-state index in [-0.39, 0.29) is 0 Å². The van der Waals surface area contributed by atoms with Crippen LogP contribution in [0.2, 0.25) is 0 Å². The molecular weight excluding hydrogens is 222 g/mol. The molecule has 0 aliphatic carbocycles. The van der Waals surface area contributed by atoms with Gasteiger partial charge in [0, 0.05) is 13.0 Å². The standard InChI is InChI=1S/C15H21N3/c1-2-3-4-8-11-18-13-16-17-15(18)12-14-9-6-5-7-10-14/h5-7,9-10,13H,2-4,8,11-12H2,1H3. The average Bonchev–Trinajstić information content (AvgIpc) is 2.83. The van der Waals surface area contributed by atoms with Crippen molar-refractivity contribution < 1.29 is 0 Å². The highest BCUT2D eigenvalue weighted by Gasteiger charge is 2.04. The Bertz CT molecular complexity index is 448. The van der Waals surface area contributed by atoms with Gasteiger partial charge in [-0.1, -0.05) is 56.5 Å². The Kier molecular flexibility index (Phi) is 4.94. The average molecular weight is 243 g/mol. The molecular formula is C15H21N3. The topological polar surface area (TPSA) is 30.7 Å². The van der Waals surface area contributed by atoms with Gasteiger partial charge >= 0.3 is 0 Å². The van der Waals surface area contributed by atoms with Gasteiger partial charge in [0.2, 0.25) is 0 Å². The molecule has 0 fully saturated rings. The minimum Gasteiger partial charge on any atom is -0.317 e. The first kappa shape index (κ1) is 12.8. The molecule has 1 aromatic carbocycles. The Balaban J connectivity index is 1.91. The highest BCUT2D eigenvalue weighted by atomic mass is 15.3. The first-order chi connectivity index (χ1) is 8.90. The number of aryl methyl sites for hydroxylation is 1. The van der Waals surface area contributed by atoms with E-state index in [9.17, 15) is 0 Å². The first-order valence-corrected chi connectivity index (χ1v) is 6.80. The van der Waals surface area contributed by atoms with Crippen molar-refractivity contribution >= 4 is 0 Å². The summed E-state index contributed by atoms with van der Waals surface area (Å²) in [5.74, 6) is 1.07. The number of nitrogens with zero attached hydrogens (tertiary/aromatic N) is 3. The largest absolute Gasteiger partial charge is 0.317 e. The third-order valence-corrected chi connectivity index (χ3v) is 3.15. The van der Waals surface area contributed by atoms with Crippen LogP contribution in [-0.2, 0) is 13.0 Å². The van der Waals surface area contributed by atoms with Gasteiger partial charge in [0.25, 0.3) is 0 Å². The third kappa shape index (κ3) is 3.69. The lowest BCUT2D eigenvalue weighted by molar-refractivity contribution is 0.568. The number of hydrogen-bond acceptors (Lipinski definition) is 2. The minimum atomic E-state index is 0.870. The fraction of sp³-hybridized carbons (Fsp3) is 0.467. The molecule has 0 saturated heterocycles. The molecule has 1 heterocycles. The lowest BCUT2D eigenvalue weighted by atomic mass is 10.1. The van der Waals surface area contributed by atoms with E-state index in [1.165, 1.54) is 31.2 Å². The molecule has 0 atom stereocenters. The van der Waals surface area contributed by atoms with Crippen LogP contribution in [0.15, 0.2) is 36.7 Å². The molecule has 2 rings (SSSR count). The number of hydrogen-bond donors (Lipinski definition) is 0. The monoisotopic (exact) mass is 243 g/mol. The van der Waals surface area contributed by atoms with Crippen molar-refractivity contribution in [3.05, 3.63) is 48.0 Å². The molecule has 1 aromatic heterocycles. The molecule has 96 valence electrons. The van der Waals surface area contributed by atoms with Crippen LogP contribution >= 0.6 is 0 Å². The quantitative estimate of drug-likeness (QED) is 0.697. The first-order valence-electron chi connectivity index (χ1n) is 6.80. The number of benzene rings is 1. The minimum absolute atomic E-state index is 0.870. The summed E-state index contributed by atoms with van der Waals surface area (Å²) < 4.78 is 2.18. The van der Waals surface area contributed by atoms with Crippen LogP contribution < -0.4 is 0 Å². The lowest BCUT2D eigenvalue weighted by Gasteiger charge is -2.06. The smallest absolute Gasteiger partial charge is 0.137 e. The molecule has 0 N–H and O–H groups in total. The fourth-order valence-electron chi connectivity index (χ4n) is 2.09. The zero-order valence-electron chi connectivity index (χ0n) is 11.0. The van der Waals surface area contributed by atoms with Gasteiger partial charge in [0.05, 0.1) is 0 Å². The van der Waals surface area contributed by atoms with E-state index in [0.717, 1.165) is 18.8 Å². The van der Waals surface area contributed by atoms with Gasteiger partial charge in [-0.15, -0.1) is 10.2 Å². The summed E-state index contributed by atoms with van der Waals surface area (Å²) in [6.07, 6.45) is 7.82. The van der Waals surface area contributed by atoms with Gasteiger partial charge in [-0.3, -0.25) is 0 Å². The molecule has 0 spiro atoms. The van der Waals surface area contributed by atoms with E-state index < -0.39 is 0 Å². The van der Waals surface area contributed by atoms with E-state index in [2.05, 4.69) is 46.0 Å². The van der Waals surface area contributed by atoms with Gasteiger partial charge in [-0.05, 0) is 12.0 Å². The highest BCUT2D eigenvalue weighted by molar-refractivity contribution is 5.18. The second kappa shape index (κ2) is 6.94. The summed E-state index contributed by atoms with van der Waals surface area (Å²) in [6, 6.07) is 10.4. The van der Waals surface area contributed by atoms with Crippen LogP contribution in [0.1, 0.15) is 44.0 Å². The van der Waals surface area contributed by atoms with Crippen LogP contribution in [0.4, 0.5) is 0 Å². The van der Waals surface area contributed by atoms with E-state index in [0.29, 0.717) is 0 Å². The normalized spacial score (nSPS) is 10.7. The van der Waals surface area contributed by atoms with Crippen molar-refractivity contribution in [3.63, 3.8) is 0 Å². The van der Waals surface area contributed by atoms with Crippen LogP contribution in [-0.4, -0.2) is 14.8 Å². The predicted octanol–water partition coefficient (Wildman–Crippen LogP) is 3.45. The van der Waals surface area contributed by atoms with Crippen LogP contribution in [0.3, 0.4) is 0 Å². The molecule has 0 radical (unpaired) electrons. The molecule has 0 amide bonds. The van der Waals surface area contributed by atoms with Crippen molar-refractivity contribution in [1.29, 1.82) is 0 Å². The van der Waals surface area contributed by atoms with E-state index in [1.54, 1.807) is 0 Å². The number of rotatable bonds is 7. The number of unbranched alkanes of at least 4 members (excludes halogenated alkanes) is 3. The molecule has 0 aliphatic rings. The second-order valence-corrected chi connectivity index (χ2v) is 4.66. The Morgan fingerprint density at radius 3 is 2.67 bits per heavy atom. The Labute approximate surface area is 109 Å². The van der Waals surface area contributed by atoms with Gasteiger partial charge in [-0.2, -0.15) is 0 Å². The van der Waals surface area contributed by atoms with Crippen molar-refractivity contribution in [2.75, 3.05) is 0 Å². The van der Waals surface area contributed by atoms with E-state index in [1.807, 2.05) is 12.4 Å². The molecule has 0 unspecified atom stereocenters. The summed E-state index contributed by atoms with van der Waals surface area (Å²) in [5, 5.41) is 8.25. The zero-order chi connectivity index (χ0) is 12.6. The summed E-state index contributed by atoms with van der Waals surface area (Å²) in [7, 11) is 0. The van der Waals surface area contributed by atoms with Gasteiger partial charge in [-0.25, -0.2) is 0 Å². The van der Waals surface area contributed by atoms with Gasteiger partial charge in [0.15, 0.2) is 0 Å². The van der Waals surface area contributed by atoms with Crippen molar-refractivity contribution in [1.82, 2.24) is 14.8 Å². The summed E-state index contributed by atoms with van der Waals surface area (Å²) in [4.78, 5) is 0. The summed E-state index contributed by atoms with van der Waals surface area (Å²) in [5.41, 5.74) is 1.29. The zero-order valence-corrected chi connectivity index (χ0v) is 11.0. The van der Waals surface area contributed by atoms with Crippen molar-refractivity contribution in [3.8, 4) is 0 Å². The summed E-state index contributed by atoms with van der Waals surface area (Å²) in [6.45, 7) is 3.27. The highest BCUT2D eigenvalue weighted by Crippen LogP contribution is 2.08. The van der Waals surface area contributed by atoms with Crippen molar-refractivity contribution in [2.24, 2.45) is 0 Å². The molecule has 0 bridgehead atoms. The fourth-order valence-corrected chi connectivity index (χ4v) is 2.09. The maximum atomic E-state index is 4.22. The van der Waals surface area contributed by atoms with Gasteiger partial charge in [0.1, 0.15) is 12.2 Å². The molecule has 0 saturated carbocycles. The molecule has 3 heteroatoms. The van der Waals surface area contributed by atoms with E-state index in [4.69, 9.17) is 0 Å². The third-order valence-electron chi connectivity index (χ3n) is 3.15. The van der Waals surface area contributed by atoms with Crippen LogP contribution in [0, 0.1) is 0 Å². The predicted molar refractivity (Wildman–Crippen MR) is 73.4 cm³/mol. The lowest BCUT2D eigenvalue weighted by Crippen LogP contribution is -2.04. The van der Waals surface area contributed by atoms with Crippen LogP contribution in [0.25, 0.3) is 0 Å².